The number of carbonyl (C=O) groups excluding carboxylic acids is 2. The summed E-state index contributed by atoms with van der Waals surface area (Å²) in [6, 6.07) is 6.95. The number of hydrogen-bond donors (Lipinski definition) is 1. The van der Waals surface area contributed by atoms with Gasteiger partial charge in [-0.2, -0.15) is 5.10 Å². The first kappa shape index (κ1) is 17.2. The summed E-state index contributed by atoms with van der Waals surface area (Å²) in [5.41, 5.74) is 0.795. The molecule has 1 aliphatic carbocycles. The van der Waals surface area contributed by atoms with Gasteiger partial charge < -0.3 is 5.32 Å². The highest BCUT2D eigenvalue weighted by molar-refractivity contribution is 7.13. The monoisotopic (exact) mass is 388 g/mol. The van der Waals surface area contributed by atoms with Crippen LogP contribution in [0, 0.1) is 0 Å². The van der Waals surface area contributed by atoms with E-state index in [-0.39, 0.29) is 5.91 Å². The summed E-state index contributed by atoms with van der Waals surface area (Å²) in [6.45, 7) is 0. The van der Waals surface area contributed by atoms with Crippen LogP contribution < -0.4 is 5.32 Å². The predicted molar refractivity (Wildman–Crippen MR) is 101 cm³/mol. The van der Waals surface area contributed by atoms with Crippen LogP contribution in [0.15, 0.2) is 34.7 Å². The maximum absolute atomic E-state index is 12.7. The fraction of sp³-hybridized carbons (Fsp3) is 0.333. The fourth-order valence-electron chi connectivity index (χ4n) is 3.39. The number of imide groups is 1. The lowest BCUT2D eigenvalue weighted by Gasteiger charge is -2.29. The van der Waals surface area contributed by atoms with E-state index in [0.717, 1.165) is 34.8 Å². The molecule has 26 heavy (non-hydrogen) atoms. The van der Waals surface area contributed by atoms with Crippen LogP contribution in [0.3, 0.4) is 0 Å². The first-order valence-electron chi connectivity index (χ1n) is 8.50. The Morgan fingerprint density at radius 2 is 1.92 bits per heavy atom. The summed E-state index contributed by atoms with van der Waals surface area (Å²) in [5.74, 6) is -0.258. The third-order valence-electron chi connectivity index (χ3n) is 4.77. The number of urea groups is 1. The number of benzene rings is 1. The Morgan fingerprint density at radius 1 is 1.19 bits per heavy atom. The molecule has 2 heterocycles. The first-order chi connectivity index (χ1) is 12.6. The van der Waals surface area contributed by atoms with Crippen molar-refractivity contribution in [2.75, 3.05) is 0 Å². The fourth-order valence-corrected chi connectivity index (χ4v) is 4.29. The molecule has 1 N–H and O–H groups in total. The third kappa shape index (κ3) is 3.12. The highest BCUT2D eigenvalue weighted by Gasteiger charge is 2.51. The molecule has 2 aliphatic rings. The summed E-state index contributed by atoms with van der Waals surface area (Å²) in [4.78, 5) is 29.3. The van der Waals surface area contributed by atoms with Gasteiger partial charge in [0.15, 0.2) is 0 Å². The van der Waals surface area contributed by atoms with E-state index in [4.69, 9.17) is 11.6 Å². The largest absolute Gasteiger partial charge is 0.346 e. The first-order valence-corrected chi connectivity index (χ1v) is 9.75. The average molecular weight is 389 g/mol. The van der Waals surface area contributed by atoms with Crippen molar-refractivity contribution in [3.05, 3.63) is 40.4 Å². The molecule has 2 fully saturated rings. The van der Waals surface area contributed by atoms with E-state index in [0.29, 0.717) is 23.6 Å². The third-order valence-corrected chi connectivity index (χ3v) is 5.93. The molecule has 2 aromatic rings. The second-order valence-electron chi connectivity index (χ2n) is 6.52. The van der Waals surface area contributed by atoms with Crippen LogP contribution in [0.25, 0.3) is 10.6 Å². The molecular formula is C18H17ClN4O2S. The Morgan fingerprint density at radius 3 is 2.65 bits per heavy atom. The molecule has 134 valence electrons. The van der Waals surface area contributed by atoms with Crippen molar-refractivity contribution >= 4 is 41.1 Å². The zero-order valence-corrected chi connectivity index (χ0v) is 15.5. The van der Waals surface area contributed by atoms with E-state index in [1.54, 1.807) is 0 Å². The van der Waals surface area contributed by atoms with Crippen LogP contribution in [-0.4, -0.2) is 33.7 Å². The number of amides is 3. The van der Waals surface area contributed by atoms with Gasteiger partial charge in [0, 0.05) is 16.0 Å². The van der Waals surface area contributed by atoms with Crippen molar-refractivity contribution < 1.29 is 9.59 Å². The predicted octanol–water partition coefficient (Wildman–Crippen LogP) is 4.05. The maximum Gasteiger partial charge on any atom is 0.346 e. The number of nitrogens with zero attached hydrogens (tertiary/aromatic N) is 3. The molecule has 3 amide bonds. The Bertz CT molecular complexity index is 872. The standard InChI is InChI=1S/C18H17ClN4O2S/c19-13-6-4-12(5-7-13)15-21-14(11-26-15)10-20-23-16(24)18(22-17(23)25)8-2-1-3-9-18/h4-7,10-11H,1-3,8-9H2,(H,22,25)/b20-10-. The highest BCUT2D eigenvalue weighted by atomic mass is 35.5. The lowest BCUT2D eigenvalue weighted by atomic mass is 9.82. The van der Waals surface area contributed by atoms with Gasteiger partial charge >= 0.3 is 6.03 Å². The van der Waals surface area contributed by atoms with Gasteiger partial charge in [-0.1, -0.05) is 43.0 Å². The molecule has 0 radical (unpaired) electrons. The highest BCUT2D eigenvalue weighted by Crippen LogP contribution is 2.33. The number of carbonyl (C=O) groups is 2. The summed E-state index contributed by atoms with van der Waals surface area (Å²) in [7, 11) is 0. The molecule has 1 aliphatic heterocycles. The van der Waals surface area contributed by atoms with Gasteiger partial charge in [0.05, 0.1) is 11.9 Å². The van der Waals surface area contributed by atoms with E-state index in [1.165, 1.54) is 17.6 Å². The number of thiazole rings is 1. The lowest BCUT2D eigenvalue weighted by molar-refractivity contribution is -0.132. The molecule has 4 rings (SSSR count). The minimum absolute atomic E-state index is 0.258. The Hall–Kier alpha value is -2.25. The molecule has 6 nitrogen and oxygen atoms in total. The lowest BCUT2D eigenvalue weighted by Crippen LogP contribution is -2.48. The Kier molecular flexibility index (Phi) is 4.50. The van der Waals surface area contributed by atoms with Crippen LogP contribution in [0.4, 0.5) is 4.79 Å². The van der Waals surface area contributed by atoms with E-state index >= 15 is 0 Å². The van der Waals surface area contributed by atoms with Crippen LogP contribution in [0.5, 0.6) is 0 Å². The van der Waals surface area contributed by atoms with Crippen molar-refractivity contribution in [2.45, 2.75) is 37.6 Å². The van der Waals surface area contributed by atoms with Crippen molar-refractivity contribution in [1.29, 1.82) is 0 Å². The summed E-state index contributed by atoms with van der Waals surface area (Å²) >= 11 is 7.37. The van der Waals surface area contributed by atoms with Gasteiger partial charge in [0.25, 0.3) is 5.91 Å². The van der Waals surface area contributed by atoms with Crippen molar-refractivity contribution in [2.24, 2.45) is 5.10 Å². The van der Waals surface area contributed by atoms with Gasteiger partial charge in [0.1, 0.15) is 10.5 Å². The van der Waals surface area contributed by atoms with Gasteiger partial charge in [0.2, 0.25) is 0 Å². The van der Waals surface area contributed by atoms with Crippen LogP contribution in [0.1, 0.15) is 37.8 Å². The zero-order valence-electron chi connectivity index (χ0n) is 13.9. The molecule has 0 unspecified atom stereocenters. The van der Waals surface area contributed by atoms with Crippen molar-refractivity contribution in [1.82, 2.24) is 15.3 Å². The number of nitrogens with one attached hydrogen (secondary N) is 1. The van der Waals surface area contributed by atoms with Crippen LogP contribution in [-0.2, 0) is 4.79 Å². The van der Waals surface area contributed by atoms with E-state index in [9.17, 15) is 9.59 Å². The Balaban J connectivity index is 1.50. The SMILES string of the molecule is O=C1NC2(CCCCC2)C(=O)N1/N=C\c1csc(-c2ccc(Cl)cc2)n1. The molecule has 1 saturated carbocycles. The van der Waals surface area contributed by atoms with Gasteiger partial charge in [-0.15, -0.1) is 16.3 Å². The van der Waals surface area contributed by atoms with Gasteiger partial charge in [-0.25, -0.2) is 9.78 Å². The molecule has 1 aromatic heterocycles. The quantitative estimate of drug-likeness (QED) is 0.636. The normalized spacial score (nSPS) is 19.5. The molecule has 8 heteroatoms. The molecule has 1 aromatic carbocycles. The van der Waals surface area contributed by atoms with Crippen LogP contribution >= 0.6 is 22.9 Å². The Labute approximate surface area is 159 Å². The number of halogens is 1. The number of hydrazone groups is 1. The molecule has 1 spiro atoms. The molecule has 0 bridgehead atoms. The van der Waals surface area contributed by atoms with Crippen molar-refractivity contribution in [3.63, 3.8) is 0 Å². The second-order valence-corrected chi connectivity index (χ2v) is 7.81. The summed E-state index contributed by atoms with van der Waals surface area (Å²) in [6.07, 6.45) is 5.80. The number of rotatable bonds is 3. The van der Waals surface area contributed by atoms with Gasteiger partial charge in [-0.05, 0) is 25.0 Å². The van der Waals surface area contributed by atoms with Crippen LogP contribution in [0.2, 0.25) is 5.02 Å². The van der Waals surface area contributed by atoms with Crippen molar-refractivity contribution in [3.8, 4) is 10.6 Å². The second kappa shape index (κ2) is 6.81. The summed E-state index contributed by atoms with van der Waals surface area (Å²) < 4.78 is 0. The number of aromatic nitrogens is 1. The minimum atomic E-state index is -0.761. The summed E-state index contributed by atoms with van der Waals surface area (Å²) in [5, 5.41) is 11.2. The molecular weight excluding hydrogens is 372 g/mol. The van der Waals surface area contributed by atoms with E-state index in [1.807, 2.05) is 29.6 Å². The molecule has 0 atom stereocenters. The smallest absolute Gasteiger partial charge is 0.321 e. The zero-order chi connectivity index (χ0) is 18.1. The number of hydrogen-bond acceptors (Lipinski definition) is 5. The van der Waals surface area contributed by atoms with E-state index < -0.39 is 11.6 Å². The minimum Gasteiger partial charge on any atom is -0.321 e. The topological polar surface area (TPSA) is 74.7 Å². The van der Waals surface area contributed by atoms with Gasteiger partial charge in [-0.3, -0.25) is 4.79 Å². The molecule has 1 saturated heterocycles. The average Bonchev–Trinajstić information content (AvgIpc) is 3.19. The van der Waals surface area contributed by atoms with E-state index in [2.05, 4.69) is 15.4 Å². The maximum atomic E-state index is 12.7.